The van der Waals surface area contributed by atoms with Gasteiger partial charge >= 0.3 is 19.4 Å². The molecule has 0 bridgehead atoms. The number of nitrogens with zero attached hydrogens (tertiary/aromatic N) is 2. The molecule has 1 aromatic carbocycles. The second-order valence-corrected chi connectivity index (χ2v) is 9.62. The molecule has 2 aromatic rings. The van der Waals surface area contributed by atoms with Gasteiger partial charge < -0.3 is 24.8 Å². The van der Waals surface area contributed by atoms with Crippen molar-refractivity contribution in [2.45, 2.75) is 51.4 Å². The summed E-state index contributed by atoms with van der Waals surface area (Å²) in [6.07, 6.45) is -2.44. The van der Waals surface area contributed by atoms with E-state index in [2.05, 4.69) is 14.8 Å². The third-order valence-electron chi connectivity index (χ3n) is 5.41. The van der Waals surface area contributed by atoms with Crippen LogP contribution >= 0.6 is 7.75 Å². The third-order valence-corrected chi connectivity index (χ3v) is 7.18. The number of nitrogens with one attached hydrogen (secondary N) is 1. The van der Waals surface area contributed by atoms with Crippen LogP contribution in [0.15, 0.2) is 47.4 Å². The fourth-order valence-corrected chi connectivity index (χ4v) is 5.34. The van der Waals surface area contributed by atoms with Gasteiger partial charge in [0.25, 0.3) is 0 Å². The first-order chi connectivity index (χ1) is 16.0. The second kappa shape index (κ2) is 10.7. The number of nitrogens with two attached hydrogens (primary N) is 1. The van der Waals surface area contributed by atoms with Crippen molar-refractivity contribution < 1.29 is 33.0 Å². The number of rotatable bonds is 9. The number of methoxy groups -OCH3 is 1. The minimum absolute atomic E-state index is 0.0415. The number of hydrogen-bond acceptors (Lipinski definition) is 10. The molecule has 1 aromatic heterocycles. The van der Waals surface area contributed by atoms with E-state index in [1.165, 1.54) is 26.3 Å². The lowest BCUT2D eigenvalue weighted by Crippen LogP contribution is -2.38. The lowest BCUT2D eigenvalue weighted by molar-refractivity contribution is -0.142. The lowest BCUT2D eigenvalue weighted by Gasteiger charge is -2.29. The van der Waals surface area contributed by atoms with E-state index in [9.17, 15) is 19.3 Å². The van der Waals surface area contributed by atoms with Gasteiger partial charge in [0.2, 0.25) is 0 Å². The molecule has 1 fully saturated rings. The monoisotopic (exact) mass is 496 g/mol. The predicted octanol–water partition coefficient (Wildman–Crippen LogP) is 1.46. The van der Waals surface area contributed by atoms with Crippen molar-refractivity contribution in [3.8, 4) is 5.75 Å². The largest absolute Gasteiger partial charge is 0.468 e. The van der Waals surface area contributed by atoms with Crippen LogP contribution in [0.4, 0.5) is 5.82 Å². The Hall–Kier alpha value is -2.76. The number of para-hydroxylation sites is 1. The molecule has 1 aliphatic rings. The molecule has 186 valence electrons. The quantitative estimate of drug-likeness (QED) is 0.340. The van der Waals surface area contributed by atoms with Crippen molar-refractivity contribution in [1.82, 2.24) is 14.6 Å². The highest BCUT2D eigenvalue weighted by atomic mass is 31.2. The number of aliphatic hydroxyl groups excluding tert-OH is 1. The number of aromatic nitrogens is 2. The molecule has 3 rings (SSSR count). The highest BCUT2D eigenvalue weighted by Gasteiger charge is 2.47. The number of carbonyl (C=O) groups is 1. The molecule has 1 aliphatic heterocycles. The van der Waals surface area contributed by atoms with Crippen molar-refractivity contribution in [3.63, 3.8) is 0 Å². The average molecular weight is 496 g/mol. The summed E-state index contributed by atoms with van der Waals surface area (Å²) in [5, 5.41) is 13.3. The number of carbonyl (C=O) groups excluding carboxylic acids is 1. The molecular formula is C21H29N4O8P. The Labute approximate surface area is 196 Å². The molecule has 0 saturated carbocycles. The van der Waals surface area contributed by atoms with Crippen LogP contribution in [0, 0.1) is 5.92 Å². The maximum atomic E-state index is 13.7. The number of hydrogen-bond donors (Lipinski definition) is 3. The van der Waals surface area contributed by atoms with E-state index in [-0.39, 0.29) is 11.6 Å². The summed E-state index contributed by atoms with van der Waals surface area (Å²) in [7, 11) is -2.93. The molecule has 0 spiro atoms. The molecule has 1 saturated heterocycles. The summed E-state index contributed by atoms with van der Waals surface area (Å²) in [5.74, 6) is -0.891. The molecule has 4 N–H and O–H groups in total. The smallest absolute Gasteiger partial charge is 0.459 e. The van der Waals surface area contributed by atoms with Gasteiger partial charge in [-0.3, -0.25) is 13.9 Å². The molecule has 0 unspecified atom stereocenters. The number of anilines is 1. The van der Waals surface area contributed by atoms with E-state index in [0.717, 1.165) is 4.57 Å². The molecule has 34 heavy (non-hydrogen) atoms. The van der Waals surface area contributed by atoms with Crippen LogP contribution in [0.3, 0.4) is 0 Å². The van der Waals surface area contributed by atoms with Crippen molar-refractivity contribution in [2.75, 3.05) is 12.8 Å². The van der Waals surface area contributed by atoms with Gasteiger partial charge in [-0.2, -0.15) is 10.1 Å². The first-order valence-corrected chi connectivity index (χ1v) is 12.2. The third kappa shape index (κ3) is 5.83. The normalized spacial score (nSPS) is 25.8. The summed E-state index contributed by atoms with van der Waals surface area (Å²) in [6, 6.07) is 8.71. The SMILES string of the molecule is COC(=O)[C@@H](C)N[P@@](=O)(Oc1ccccc1)O[C@@H](C)[C@H]1O[C@@H](n2ccc(N)nc2=O)[C@@H](O)[C@@H]1C. The number of nitrogen functional groups attached to an aromatic ring is 1. The first-order valence-electron chi connectivity index (χ1n) is 10.6. The highest BCUT2D eigenvalue weighted by molar-refractivity contribution is 7.52. The molecule has 2 heterocycles. The van der Waals surface area contributed by atoms with Crippen molar-refractivity contribution in [2.24, 2.45) is 5.92 Å². The van der Waals surface area contributed by atoms with Crippen LogP contribution in [-0.4, -0.2) is 52.1 Å². The Kier molecular flexibility index (Phi) is 8.11. The van der Waals surface area contributed by atoms with Gasteiger partial charge in [0, 0.05) is 12.1 Å². The fraction of sp³-hybridized carbons (Fsp3) is 0.476. The topological polar surface area (TPSA) is 164 Å². The standard InChI is InChI=1S/C21H29N4O8P/c1-12-17(26)19(25-11-10-16(22)23-21(25)28)31-18(12)14(3)32-34(29,24-13(2)20(27)30-4)33-15-8-6-5-7-9-15/h5-14,17-19,26H,1-4H3,(H,24,29)(H2,22,23,28)/t12-,13+,14-,17-,18-,19+,34-/m0/s1. The Morgan fingerprint density at radius 1 is 1.29 bits per heavy atom. The second-order valence-electron chi connectivity index (χ2n) is 7.97. The molecule has 0 amide bonds. The Morgan fingerprint density at radius 3 is 2.59 bits per heavy atom. The van der Waals surface area contributed by atoms with E-state index in [1.54, 1.807) is 44.2 Å². The summed E-state index contributed by atoms with van der Waals surface area (Å²) in [5.41, 5.74) is 4.85. The molecule has 7 atom stereocenters. The maximum absolute atomic E-state index is 13.7. The highest BCUT2D eigenvalue weighted by Crippen LogP contribution is 2.48. The summed E-state index contributed by atoms with van der Waals surface area (Å²) >= 11 is 0. The van der Waals surface area contributed by atoms with Crippen LogP contribution in [-0.2, 0) is 23.4 Å². The zero-order chi connectivity index (χ0) is 25.0. The number of ether oxygens (including phenoxy) is 2. The predicted molar refractivity (Wildman–Crippen MR) is 122 cm³/mol. The van der Waals surface area contributed by atoms with Crippen LogP contribution in [0.25, 0.3) is 0 Å². The molecule has 13 heteroatoms. The summed E-state index contributed by atoms with van der Waals surface area (Å²) < 4.78 is 36.8. The van der Waals surface area contributed by atoms with E-state index in [0.29, 0.717) is 0 Å². The molecule has 0 aliphatic carbocycles. The minimum Gasteiger partial charge on any atom is -0.468 e. The van der Waals surface area contributed by atoms with Crippen LogP contribution < -0.4 is 21.0 Å². The van der Waals surface area contributed by atoms with Gasteiger partial charge in [0.05, 0.1) is 19.3 Å². The van der Waals surface area contributed by atoms with E-state index < -0.39 is 55.9 Å². The maximum Gasteiger partial charge on any atom is 0.459 e. The van der Waals surface area contributed by atoms with Gasteiger partial charge in [-0.15, -0.1) is 0 Å². The lowest BCUT2D eigenvalue weighted by atomic mass is 9.97. The minimum atomic E-state index is -4.14. The molecule has 0 radical (unpaired) electrons. The van der Waals surface area contributed by atoms with E-state index in [4.69, 9.17) is 19.5 Å². The Balaban J connectivity index is 1.82. The van der Waals surface area contributed by atoms with Gasteiger partial charge in [-0.1, -0.05) is 25.1 Å². The summed E-state index contributed by atoms with van der Waals surface area (Å²) in [6.45, 7) is 4.75. The Bertz CT molecular complexity index is 1100. The number of esters is 1. The number of benzene rings is 1. The molecular weight excluding hydrogens is 467 g/mol. The van der Waals surface area contributed by atoms with Crippen molar-refractivity contribution in [1.29, 1.82) is 0 Å². The summed E-state index contributed by atoms with van der Waals surface area (Å²) in [4.78, 5) is 27.8. The van der Waals surface area contributed by atoms with Crippen molar-refractivity contribution >= 4 is 19.5 Å². The zero-order valence-corrected chi connectivity index (χ0v) is 20.1. The van der Waals surface area contributed by atoms with Gasteiger partial charge in [-0.05, 0) is 32.0 Å². The van der Waals surface area contributed by atoms with Crippen LogP contribution in [0.5, 0.6) is 5.75 Å². The molecule has 12 nitrogen and oxygen atoms in total. The van der Waals surface area contributed by atoms with Gasteiger partial charge in [0.15, 0.2) is 6.23 Å². The zero-order valence-electron chi connectivity index (χ0n) is 19.2. The Morgan fingerprint density at radius 2 is 1.97 bits per heavy atom. The van der Waals surface area contributed by atoms with E-state index >= 15 is 0 Å². The van der Waals surface area contributed by atoms with Gasteiger partial charge in [0.1, 0.15) is 23.7 Å². The fourth-order valence-electron chi connectivity index (χ4n) is 3.65. The number of aliphatic hydroxyl groups is 1. The van der Waals surface area contributed by atoms with Crippen LogP contribution in [0.2, 0.25) is 0 Å². The average Bonchev–Trinajstić information content (AvgIpc) is 3.08. The van der Waals surface area contributed by atoms with Crippen LogP contribution in [0.1, 0.15) is 27.0 Å². The van der Waals surface area contributed by atoms with E-state index in [1.807, 2.05) is 0 Å². The first kappa shape index (κ1) is 25.9. The van der Waals surface area contributed by atoms with Gasteiger partial charge in [-0.25, -0.2) is 9.36 Å². The van der Waals surface area contributed by atoms with Crippen molar-refractivity contribution in [3.05, 3.63) is 53.1 Å².